The number of benzene rings is 2. The Morgan fingerprint density at radius 3 is 2.57 bits per heavy atom. The van der Waals surface area contributed by atoms with Crippen LogP contribution in [0.3, 0.4) is 0 Å². The number of halogens is 1. The summed E-state index contributed by atoms with van der Waals surface area (Å²) in [5.74, 6) is -0.0708. The van der Waals surface area contributed by atoms with E-state index in [2.05, 4.69) is 27.8 Å². The largest absolute Gasteiger partial charge is 0.343 e. The molecule has 2 aliphatic heterocycles. The Labute approximate surface area is 203 Å². The number of nitrogens with zero attached hydrogens (tertiary/aromatic N) is 1. The van der Waals surface area contributed by atoms with E-state index in [1.165, 1.54) is 0 Å². The second kappa shape index (κ2) is 8.85. The fourth-order valence-corrected chi connectivity index (χ4v) is 5.36. The van der Waals surface area contributed by atoms with Gasteiger partial charge in [0.15, 0.2) is 0 Å². The van der Waals surface area contributed by atoms with E-state index in [0.29, 0.717) is 18.0 Å². The van der Waals surface area contributed by atoms with Crippen LogP contribution in [0.2, 0.25) is 0 Å². The third-order valence-electron chi connectivity index (χ3n) is 7.45. The van der Waals surface area contributed by atoms with Crippen molar-refractivity contribution >= 4 is 11.8 Å². The lowest BCUT2D eigenvalue weighted by atomic mass is 9.81. The second-order valence-corrected chi connectivity index (χ2v) is 9.77. The molecular formula is C27H28FN5O2. The number of likely N-dealkylation sites (tertiary alicyclic amines) is 1. The highest BCUT2D eigenvalue weighted by Gasteiger charge is 2.49. The van der Waals surface area contributed by atoms with E-state index in [0.717, 1.165) is 29.7 Å². The van der Waals surface area contributed by atoms with E-state index < -0.39 is 12.1 Å². The lowest BCUT2D eigenvalue weighted by Crippen LogP contribution is -2.49. The number of carbonyl (C=O) groups excluding carboxylic acids is 2. The molecule has 4 aliphatic rings. The first-order valence-corrected chi connectivity index (χ1v) is 12.2. The Morgan fingerprint density at radius 2 is 1.91 bits per heavy atom. The zero-order chi connectivity index (χ0) is 23.9. The Bertz CT molecular complexity index is 1210. The molecule has 0 radical (unpaired) electrons. The zero-order valence-electron chi connectivity index (χ0n) is 19.2. The summed E-state index contributed by atoms with van der Waals surface area (Å²) in [4.78, 5) is 28.6. The number of hydrogen-bond donors (Lipinski definition) is 4. The molecule has 7 nitrogen and oxygen atoms in total. The topological polar surface area (TPSA) is 85.5 Å². The van der Waals surface area contributed by atoms with E-state index in [-0.39, 0.29) is 35.9 Å². The first-order valence-electron chi connectivity index (χ1n) is 12.2. The number of hydrazine groups is 2. The molecule has 4 N–H and O–H groups in total. The minimum Gasteiger partial charge on any atom is -0.343 e. The second-order valence-electron chi connectivity index (χ2n) is 9.77. The van der Waals surface area contributed by atoms with Crippen LogP contribution in [0.15, 0.2) is 72.6 Å². The molecule has 2 aromatic carbocycles. The summed E-state index contributed by atoms with van der Waals surface area (Å²) in [6.45, 7) is 0.521. The lowest BCUT2D eigenvalue weighted by Gasteiger charge is -2.30. The van der Waals surface area contributed by atoms with Gasteiger partial charge >= 0.3 is 0 Å². The van der Waals surface area contributed by atoms with Crippen LogP contribution < -0.4 is 21.7 Å². The van der Waals surface area contributed by atoms with Gasteiger partial charge in [-0.25, -0.2) is 4.39 Å². The number of hydrogen-bond acceptors (Lipinski definition) is 5. The van der Waals surface area contributed by atoms with Gasteiger partial charge < -0.3 is 21.1 Å². The van der Waals surface area contributed by atoms with E-state index in [9.17, 15) is 14.0 Å². The van der Waals surface area contributed by atoms with Crippen molar-refractivity contribution in [2.24, 2.45) is 11.8 Å². The molecule has 0 aromatic heterocycles. The van der Waals surface area contributed by atoms with E-state index in [4.69, 9.17) is 0 Å². The molecule has 2 aromatic rings. The van der Waals surface area contributed by atoms with Crippen molar-refractivity contribution in [3.8, 4) is 0 Å². The third kappa shape index (κ3) is 4.18. The van der Waals surface area contributed by atoms with Gasteiger partial charge in [-0.2, -0.15) is 5.53 Å². The summed E-state index contributed by atoms with van der Waals surface area (Å²) in [6, 6.07) is 13.8. The molecule has 0 unspecified atom stereocenters. The smallest absolute Gasteiger partial charge is 0.244 e. The Hall–Kier alpha value is -3.65. The first kappa shape index (κ1) is 21.9. The van der Waals surface area contributed by atoms with Gasteiger partial charge in [0.05, 0.1) is 18.2 Å². The standard InChI is InChI=1S/C27H28FN5O2/c28-23-12-18(8-10-21(23)16-6-7-16)25(17-4-2-1-3-5-17)30-27(35)26-22-11-9-19(22)15-33(26)24(34)13-20-14-29-32-31-20/h1-5,8-12,14,16,19,22,25-26,29,31-32H,6-7,13,15H2,(H,30,35)/t19-,22-,25-,26-/m0/s1. The number of rotatable bonds is 7. The normalized spacial score (nSPS) is 25.1. The van der Waals surface area contributed by atoms with Gasteiger partial charge in [0.25, 0.3) is 0 Å². The predicted molar refractivity (Wildman–Crippen MR) is 129 cm³/mol. The molecule has 2 heterocycles. The van der Waals surface area contributed by atoms with Gasteiger partial charge in [-0.3, -0.25) is 9.59 Å². The van der Waals surface area contributed by atoms with E-state index in [1.54, 1.807) is 17.2 Å². The summed E-state index contributed by atoms with van der Waals surface area (Å²) in [7, 11) is 0. The Morgan fingerprint density at radius 1 is 1.09 bits per heavy atom. The molecule has 1 saturated heterocycles. The molecule has 4 atom stereocenters. The van der Waals surface area contributed by atoms with Gasteiger partial charge in [0.1, 0.15) is 11.9 Å². The average molecular weight is 474 g/mol. The maximum Gasteiger partial charge on any atom is 0.244 e. The van der Waals surface area contributed by atoms with Crippen LogP contribution in [0.4, 0.5) is 4.39 Å². The summed E-state index contributed by atoms with van der Waals surface area (Å²) in [5, 5.41) is 3.16. The fraction of sp³-hybridized carbons (Fsp3) is 0.333. The molecule has 2 amide bonds. The minimum atomic E-state index is -0.595. The molecule has 0 spiro atoms. The monoisotopic (exact) mass is 473 g/mol. The predicted octanol–water partition coefficient (Wildman–Crippen LogP) is 2.77. The Balaban J connectivity index is 1.26. The van der Waals surface area contributed by atoms with Crippen molar-refractivity contribution in [3.63, 3.8) is 0 Å². The quantitative estimate of drug-likeness (QED) is 0.465. The van der Waals surface area contributed by atoms with Gasteiger partial charge in [-0.05, 0) is 41.5 Å². The molecule has 180 valence electrons. The molecule has 35 heavy (non-hydrogen) atoms. The van der Waals surface area contributed by atoms with Crippen molar-refractivity contribution in [2.45, 2.75) is 37.3 Å². The number of carbonyl (C=O) groups is 2. The maximum absolute atomic E-state index is 14.9. The molecule has 2 fully saturated rings. The minimum absolute atomic E-state index is 0.00822. The van der Waals surface area contributed by atoms with Crippen LogP contribution in [-0.4, -0.2) is 29.3 Å². The van der Waals surface area contributed by atoms with Crippen LogP contribution in [0, 0.1) is 17.7 Å². The van der Waals surface area contributed by atoms with E-state index in [1.807, 2.05) is 48.5 Å². The third-order valence-corrected chi connectivity index (χ3v) is 7.45. The molecule has 2 aliphatic carbocycles. The number of nitrogens with one attached hydrogen (secondary N) is 4. The van der Waals surface area contributed by atoms with Crippen LogP contribution in [0.5, 0.6) is 0 Å². The Kier molecular flexibility index (Phi) is 5.53. The first-order chi connectivity index (χ1) is 17.1. The highest BCUT2D eigenvalue weighted by atomic mass is 19.1. The fourth-order valence-electron chi connectivity index (χ4n) is 5.36. The van der Waals surface area contributed by atoms with Gasteiger partial charge in [0.2, 0.25) is 11.8 Å². The van der Waals surface area contributed by atoms with Crippen LogP contribution in [0.25, 0.3) is 0 Å². The maximum atomic E-state index is 14.9. The van der Waals surface area contributed by atoms with Gasteiger partial charge in [-0.15, -0.1) is 0 Å². The summed E-state index contributed by atoms with van der Waals surface area (Å²) in [6.07, 6.45) is 7.99. The highest BCUT2D eigenvalue weighted by Crippen LogP contribution is 2.42. The van der Waals surface area contributed by atoms with Crippen molar-refractivity contribution in [3.05, 3.63) is 95.1 Å². The van der Waals surface area contributed by atoms with E-state index >= 15 is 0 Å². The molecule has 1 saturated carbocycles. The van der Waals surface area contributed by atoms with Crippen LogP contribution in [-0.2, 0) is 9.59 Å². The van der Waals surface area contributed by atoms with Crippen molar-refractivity contribution < 1.29 is 14.0 Å². The molecule has 0 bridgehead atoms. The van der Waals surface area contributed by atoms with Crippen LogP contribution >= 0.6 is 0 Å². The van der Waals surface area contributed by atoms with Crippen molar-refractivity contribution in [2.75, 3.05) is 6.54 Å². The number of fused-ring (bicyclic) bond motifs is 1. The molecular weight excluding hydrogens is 445 g/mol. The van der Waals surface area contributed by atoms with Crippen molar-refractivity contribution in [1.82, 2.24) is 26.6 Å². The zero-order valence-corrected chi connectivity index (χ0v) is 19.2. The van der Waals surface area contributed by atoms with Crippen molar-refractivity contribution in [1.29, 1.82) is 0 Å². The summed E-state index contributed by atoms with van der Waals surface area (Å²) >= 11 is 0. The van der Waals surface area contributed by atoms with Crippen LogP contribution in [0.1, 0.15) is 47.9 Å². The highest BCUT2D eigenvalue weighted by molar-refractivity contribution is 5.90. The summed E-state index contributed by atoms with van der Waals surface area (Å²) in [5.41, 5.74) is 11.4. The average Bonchev–Trinajstić information content (AvgIpc) is 3.49. The van der Waals surface area contributed by atoms with Gasteiger partial charge in [-0.1, -0.05) is 54.6 Å². The lowest BCUT2D eigenvalue weighted by molar-refractivity contribution is -0.138. The number of amides is 2. The van der Waals surface area contributed by atoms with Gasteiger partial charge in [0, 0.05) is 24.6 Å². The molecule has 6 rings (SSSR count). The molecule has 8 heteroatoms. The SMILES string of the molecule is O=C(N[C@@H](c1ccccc1)c1ccc(C2CC2)c(F)c1)[C@@H]1[C@H]2C=C[C@H]2CN1C(=O)CC1=CNNN1. The summed E-state index contributed by atoms with van der Waals surface area (Å²) < 4.78 is 14.9.